The molecule has 2 heteroatoms. The summed E-state index contributed by atoms with van der Waals surface area (Å²) in [7, 11) is 0. The third-order valence-electron chi connectivity index (χ3n) is 2.22. The van der Waals surface area contributed by atoms with Gasteiger partial charge in [-0.15, -0.1) is 0 Å². The van der Waals surface area contributed by atoms with Crippen LogP contribution >= 0.6 is 0 Å². The van der Waals surface area contributed by atoms with Crippen LogP contribution in [0, 0.1) is 5.82 Å². The van der Waals surface area contributed by atoms with E-state index in [1.165, 1.54) is 6.07 Å². The van der Waals surface area contributed by atoms with Crippen molar-refractivity contribution in [1.82, 2.24) is 0 Å². The van der Waals surface area contributed by atoms with Gasteiger partial charge in [-0.2, -0.15) is 0 Å². The number of halogens is 1. The molecule has 0 amide bonds. The van der Waals surface area contributed by atoms with Gasteiger partial charge in [-0.3, -0.25) is 4.99 Å². The van der Waals surface area contributed by atoms with Gasteiger partial charge < -0.3 is 0 Å². The average molecular weight is 175 g/mol. The zero-order valence-electron chi connectivity index (χ0n) is 7.42. The van der Waals surface area contributed by atoms with E-state index in [0.717, 1.165) is 17.7 Å². The van der Waals surface area contributed by atoms with Gasteiger partial charge in [0, 0.05) is 23.9 Å². The van der Waals surface area contributed by atoms with E-state index < -0.39 is 0 Å². The maximum Gasteiger partial charge on any atom is 0.130 e. The van der Waals surface area contributed by atoms with Crippen LogP contribution in [0.4, 0.5) is 4.39 Å². The Morgan fingerprint density at radius 3 is 2.69 bits per heavy atom. The first-order valence-electron chi connectivity index (χ1n) is 4.26. The predicted octanol–water partition coefficient (Wildman–Crippen LogP) is 3.03. The maximum absolute atomic E-state index is 13.3. The first-order chi connectivity index (χ1) is 6.29. The van der Waals surface area contributed by atoms with Gasteiger partial charge in [0.25, 0.3) is 0 Å². The fourth-order valence-electron chi connectivity index (χ4n) is 1.51. The number of benzene rings is 1. The molecule has 1 aromatic rings. The molecule has 1 aliphatic heterocycles. The highest BCUT2D eigenvalue weighted by Crippen LogP contribution is 2.27. The van der Waals surface area contributed by atoms with E-state index in [2.05, 4.69) is 4.99 Å². The highest BCUT2D eigenvalue weighted by molar-refractivity contribution is 5.86. The van der Waals surface area contributed by atoms with E-state index in [4.69, 9.17) is 0 Å². The lowest BCUT2D eigenvalue weighted by molar-refractivity contribution is 0.623. The van der Waals surface area contributed by atoms with E-state index in [9.17, 15) is 4.39 Å². The van der Waals surface area contributed by atoms with E-state index >= 15 is 0 Å². The predicted molar refractivity (Wildman–Crippen MR) is 52.1 cm³/mol. The summed E-state index contributed by atoms with van der Waals surface area (Å²) in [5, 5.41) is 0. The second-order valence-corrected chi connectivity index (χ2v) is 3.06. The van der Waals surface area contributed by atoms with Crippen molar-refractivity contribution in [2.24, 2.45) is 4.99 Å². The molecular formula is C11H10FN. The van der Waals surface area contributed by atoms with Gasteiger partial charge in [0.2, 0.25) is 0 Å². The van der Waals surface area contributed by atoms with E-state index in [1.807, 2.05) is 19.2 Å². The third-order valence-corrected chi connectivity index (χ3v) is 2.22. The summed E-state index contributed by atoms with van der Waals surface area (Å²) < 4.78 is 13.3. The molecule has 1 heterocycles. The van der Waals surface area contributed by atoms with E-state index in [-0.39, 0.29) is 5.82 Å². The molecule has 0 atom stereocenters. The zero-order chi connectivity index (χ0) is 9.26. The molecule has 0 N–H and O–H groups in total. The van der Waals surface area contributed by atoms with Crippen LogP contribution in [-0.2, 0) is 0 Å². The lowest BCUT2D eigenvalue weighted by atomic mass is 10.0. The van der Waals surface area contributed by atoms with Crippen LogP contribution in [0.5, 0.6) is 0 Å². The molecule has 0 saturated carbocycles. The summed E-state index contributed by atoms with van der Waals surface area (Å²) >= 11 is 0. The van der Waals surface area contributed by atoms with Crippen LogP contribution < -0.4 is 0 Å². The van der Waals surface area contributed by atoms with Crippen LogP contribution in [-0.4, -0.2) is 6.21 Å². The highest BCUT2D eigenvalue weighted by atomic mass is 19.1. The Balaban J connectivity index is 2.48. The summed E-state index contributed by atoms with van der Waals surface area (Å²) in [6.45, 7) is 1.91. The average Bonchev–Trinajstić information content (AvgIpc) is 2.52. The minimum absolute atomic E-state index is 0.164. The van der Waals surface area contributed by atoms with Gasteiger partial charge in [0.05, 0.1) is 0 Å². The number of nitrogens with zero attached hydrogens (tertiary/aromatic N) is 1. The minimum atomic E-state index is -0.164. The monoisotopic (exact) mass is 175 g/mol. The Morgan fingerprint density at radius 2 is 2.08 bits per heavy atom. The lowest BCUT2D eigenvalue weighted by Gasteiger charge is -2.03. The van der Waals surface area contributed by atoms with Crippen LogP contribution in [0.2, 0.25) is 0 Å². The molecule has 0 aliphatic carbocycles. The number of aliphatic imine (C=N–C) groups is 1. The normalized spacial score (nSPS) is 15.5. The Bertz CT molecular complexity index is 391. The number of hydrogen-bond acceptors (Lipinski definition) is 1. The number of allylic oxidation sites excluding steroid dienone is 2. The Labute approximate surface area is 76.6 Å². The van der Waals surface area contributed by atoms with Crippen molar-refractivity contribution >= 4 is 11.8 Å². The first-order valence-corrected chi connectivity index (χ1v) is 4.26. The van der Waals surface area contributed by atoms with Gasteiger partial charge in [0.1, 0.15) is 5.82 Å². The molecule has 0 bridgehead atoms. The van der Waals surface area contributed by atoms with Crippen LogP contribution in [0.15, 0.2) is 35.0 Å². The molecule has 0 fully saturated rings. The maximum atomic E-state index is 13.3. The van der Waals surface area contributed by atoms with Gasteiger partial charge >= 0.3 is 0 Å². The van der Waals surface area contributed by atoms with Crippen molar-refractivity contribution in [2.45, 2.75) is 13.3 Å². The van der Waals surface area contributed by atoms with Crippen molar-refractivity contribution in [1.29, 1.82) is 0 Å². The van der Waals surface area contributed by atoms with Gasteiger partial charge in [-0.1, -0.05) is 18.2 Å². The van der Waals surface area contributed by atoms with Gasteiger partial charge in [-0.05, 0) is 18.6 Å². The largest absolute Gasteiger partial charge is 0.265 e. The fraction of sp³-hybridized carbons (Fsp3) is 0.182. The molecule has 2 rings (SSSR count). The lowest BCUT2D eigenvalue weighted by Crippen LogP contribution is -1.88. The van der Waals surface area contributed by atoms with Crippen molar-refractivity contribution in [3.8, 4) is 0 Å². The van der Waals surface area contributed by atoms with Gasteiger partial charge in [0.15, 0.2) is 0 Å². The third kappa shape index (κ3) is 1.39. The summed E-state index contributed by atoms with van der Waals surface area (Å²) in [6.07, 6.45) is 2.56. The molecule has 1 aliphatic rings. The minimum Gasteiger partial charge on any atom is -0.265 e. The fourth-order valence-corrected chi connectivity index (χ4v) is 1.51. The highest BCUT2D eigenvalue weighted by Gasteiger charge is 2.12. The smallest absolute Gasteiger partial charge is 0.130 e. The Kier molecular flexibility index (Phi) is 1.97. The van der Waals surface area contributed by atoms with E-state index in [1.54, 1.807) is 12.1 Å². The standard InChI is InChI=1S/C11H10FN/c1-8-9(6-7-13-8)10-4-2-3-5-11(10)12/h2-5,7H,6H2,1H3. The summed E-state index contributed by atoms with van der Waals surface area (Å²) in [4.78, 5) is 4.12. The molecule has 0 spiro atoms. The quantitative estimate of drug-likeness (QED) is 0.622. The SMILES string of the molecule is CC1=C(c2ccccc2F)CC=N1. The van der Waals surface area contributed by atoms with Crippen molar-refractivity contribution in [2.75, 3.05) is 0 Å². The topological polar surface area (TPSA) is 12.4 Å². The second kappa shape index (κ2) is 3.13. The molecule has 1 aromatic carbocycles. The van der Waals surface area contributed by atoms with Crippen LogP contribution in [0.3, 0.4) is 0 Å². The molecule has 0 aromatic heterocycles. The van der Waals surface area contributed by atoms with Crippen LogP contribution in [0.1, 0.15) is 18.9 Å². The molecule has 0 radical (unpaired) electrons. The first kappa shape index (κ1) is 8.17. The molecule has 0 unspecified atom stereocenters. The number of rotatable bonds is 1. The van der Waals surface area contributed by atoms with E-state index in [0.29, 0.717) is 5.56 Å². The van der Waals surface area contributed by atoms with Crippen LogP contribution in [0.25, 0.3) is 5.57 Å². The Hall–Kier alpha value is -1.44. The molecular weight excluding hydrogens is 165 g/mol. The molecule has 0 saturated heterocycles. The Morgan fingerprint density at radius 1 is 1.31 bits per heavy atom. The zero-order valence-corrected chi connectivity index (χ0v) is 7.42. The van der Waals surface area contributed by atoms with Gasteiger partial charge in [-0.25, -0.2) is 4.39 Å². The van der Waals surface area contributed by atoms with Crippen molar-refractivity contribution < 1.29 is 4.39 Å². The van der Waals surface area contributed by atoms with Crippen molar-refractivity contribution in [3.05, 3.63) is 41.3 Å². The van der Waals surface area contributed by atoms with Crippen molar-refractivity contribution in [3.63, 3.8) is 0 Å². The molecule has 66 valence electrons. The second-order valence-electron chi connectivity index (χ2n) is 3.06. The summed E-state index contributed by atoms with van der Waals surface area (Å²) in [5.41, 5.74) is 2.60. The molecule has 1 nitrogen and oxygen atoms in total. The molecule has 13 heavy (non-hydrogen) atoms. The summed E-state index contributed by atoms with van der Waals surface area (Å²) in [6, 6.07) is 6.82. The number of hydrogen-bond donors (Lipinski definition) is 0. The summed E-state index contributed by atoms with van der Waals surface area (Å²) in [5.74, 6) is -0.164.